The van der Waals surface area contributed by atoms with Gasteiger partial charge in [-0.15, -0.1) is 0 Å². The minimum Gasteiger partial charge on any atom is -0.492 e. The summed E-state index contributed by atoms with van der Waals surface area (Å²) in [5.74, 6) is 0.425. The van der Waals surface area contributed by atoms with E-state index in [2.05, 4.69) is 38.2 Å². The summed E-state index contributed by atoms with van der Waals surface area (Å²) in [5, 5.41) is 2.88. The van der Waals surface area contributed by atoms with Gasteiger partial charge in [-0.2, -0.15) is 0 Å². The quantitative estimate of drug-likeness (QED) is 0.608. The van der Waals surface area contributed by atoms with Crippen LogP contribution in [0.5, 0.6) is 5.75 Å². The molecule has 1 aliphatic rings. The Balaban J connectivity index is 1.66. The molecule has 2 amide bonds. The lowest BCUT2D eigenvalue weighted by molar-refractivity contribution is -0.899. The van der Waals surface area contributed by atoms with Crippen molar-refractivity contribution in [1.82, 2.24) is 5.32 Å². The number of piperidine rings is 1. The molecule has 0 spiro atoms. The minimum atomic E-state index is -0.256. The SMILES string of the molecule is CC(C)(C)c1ccc(OCCNC(=O)C[NH+]2CCC[C@@H](C(N)=O)C2)cc1. The van der Waals surface area contributed by atoms with Crippen molar-refractivity contribution in [3.05, 3.63) is 29.8 Å². The van der Waals surface area contributed by atoms with Crippen LogP contribution in [0.15, 0.2) is 24.3 Å². The van der Waals surface area contributed by atoms with Crippen LogP contribution in [-0.2, 0) is 15.0 Å². The van der Waals surface area contributed by atoms with Crippen LogP contribution in [0.25, 0.3) is 0 Å². The van der Waals surface area contributed by atoms with Crippen molar-refractivity contribution >= 4 is 11.8 Å². The molecule has 0 aliphatic carbocycles. The highest BCUT2D eigenvalue weighted by molar-refractivity contribution is 5.77. The van der Waals surface area contributed by atoms with Crippen LogP contribution >= 0.6 is 0 Å². The molecule has 1 saturated heterocycles. The molecule has 6 heteroatoms. The predicted molar refractivity (Wildman–Crippen MR) is 101 cm³/mol. The lowest BCUT2D eigenvalue weighted by Gasteiger charge is -2.27. The van der Waals surface area contributed by atoms with Gasteiger partial charge in [0.25, 0.3) is 5.91 Å². The van der Waals surface area contributed by atoms with E-state index in [0.29, 0.717) is 26.2 Å². The summed E-state index contributed by atoms with van der Waals surface area (Å²) in [6.45, 7) is 9.36. The van der Waals surface area contributed by atoms with Crippen LogP contribution in [0.4, 0.5) is 0 Å². The number of carbonyl (C=O) groups is 2. The van der Waals surface area contributed by atoms with E-state index in [1.54, 1.807) is 0 Å². The highest BCUT2D eigenvalue weighted by atomic mass is 16.5. The first kappa shape index (κ1) is 20.2. The second-order valence-corrected chi connectivity index (χ2v) is 8.10. The highest BCUT2D eigenvalue weighted by Crippen LogP contribution is 2.24. The first-order chi connectivity index (χ1) is 12.3. The van der Waals surface area contributed by atoms with Crippen molar-refractivity contribution in [2.24, 2.45) is 11.7 Å². The first-order valence-corrected chi connectivity index (χ1v) is 9.38. The third-order valence-electron chi connectivity index (χ3n) is 4.84. The van der Waals surface area contributed by atoms with Gasteiger partial charge in [0, 0.05) is 0 Å². The average molecular weight is 362 g/mol. The van der Waals surface area contributed by atoms with Gasteiger partial charge in [0.05, 0.1) is 25.6 Å². The number of amides is 2. The summed E-state index contributed by atoms with van der Waals surface area (Å²) < 4.78 is 5.68. The van der Waals surface area contributed by atoms with E-state index in [-0.39, 0.29) is 23.1 Å². The number of quaternary nitrogens is 1. The molecule has 1 unspecified atom stereocenters. The van der Waals surface area contributed by atoms with E-state index in [1.807, 2.05) is 12.1 Å². The van der Waals surface area contributed by atoms with Gasteiger partial charge in [0.1, 0.15) is 12.4 Å². The smallest absolute Gasteiger partial charge is 0.275 e. The van der Waals surface area contributed by atoms with Crippen LogP contribution in [0, 0.1) is 5.92 Å². The van der Waals surface area contributed by atoms with Crippen LogP contribution in [0.2, 0.25) is 0 Å². The third kappa shape index (κ3) is 6.33. The van der Waals surface area contributed by atoms with Gasteiger partial charge >= 0.3 is 0 Å². The number of hydrogen-bond acceptors (Lipinski definition) is 3. The maximum Gasteiger partial charge on any atom is 0.275 e. The molecule has 1 heterocycles. The number of nitrogens with one attached hydrogen (secondary N) is 2. The van der Waals surface area contributed by atoms with Gasteiger partial charge in [-0.05, 0) is 36.0 Å². The zero-order valence-corrected chi connectivity index (χ0v) is 16.1. The molecule has 0 saturated carbocycles. The van der Waals surface area contributed by atoms with Crippen molar-refractivity contribution < 1.29 is 19.2 Å². The fourth-order valence-electron chi connectivity index (χ4n) is 3.25. The van der Waals surface area contributed by atoms with E-state index in [9.17, 15) is 9.59 Å². The molecule has 26 heavy (non-hydrogen) atoms. The number of primary amides is 1. The Morgan fingerprint density at radius 2 is 1.96 bits per heavy atom. The monoisotopic (exact) mass is 362 g/mol. The van der Waals surface area contributed by atoms with Gasteiger partial charge in [-0.25, -0.2) is 0 Å². The molecule has 2 atom stereocenters. The van der Waals surface area contributed by atoms with Crippen molar-refractivity contribution in [3.63, 3.8) is 0 Å². The maximum absolute atomic E-state index is 12.1. The zero-order chi connectivity index (χ0) is 19.2. The molecule has 0 radical (unpaired) electrons. The Hall–Kier alpha value is -2.08. The van der Waals surface area contributed by atoms with Crippen molar-refractivity contribution in [2.75, 3.05) is 32.8 Å². The molecule has 1 aromatic carbocycles. The van der Waals surface area contributed by atoms with Crippen LogP contribution < -0.4 is 20.7 Å². The van der Waals surface area contributed by atoms with E-state index < -0.39 is 0 Å². The summed E-state index contributed by atoms with van der Waals surface area (Å²) in [7, 11) is 0. The lowest BCUT2D eigenvalue weighted by Crippen LogP contribution is -3.15. The number of nitrogens with two attached hydrogens (primary N) is 1. The fourth-order valence-corrected chi connectivity index (χ4v) is 3.25. The first-order valence-electron chi connectivity index (χ1n) is 9.38. The Labute approximate surface area is 156 Å². The molecule has 0 aromatic heterocycles. The van der Waals surface area contributed by atoms with Gasteiger partial charge in [0.15, 0.2) is 6.54 Å². The molecule has 6 nitrogen and oxygen atoms in total. The Morgan fingerprint density at radius 1 is 1.27 bits per heavy atom. The Kier molecular flexibility index (Phi) is 7.03. The largest absolute Gasteiger partial charge is 0.492 e. The number of hydrogen-bond donors (Lipinski definition) is 3. The molecule has 1 aliphatic heterocycles. The van der Waals surface area contributed by atoms with Gasteiger partial charge in [-0.1, -0.05) is 32.9 Å². The topological polar surface area (TPSA) is 85.9 Å². The molecule has 4 N–H and O–H groups in total. The molecule has 2 rings (SSSR count). The number of carbonyl (C=O) groups excluding carboxylic acids is 2. The zero-order valence-electron chi connectivity index (χ0n) is 16.1. The molecule has 1 aromatic rings. The van der Waals surface area contributed by atoms with Gasteiger partial charge in [0.2, 0.25) is 5.91 Å². The predicted octanol–water partition coefficient (Wildman–Crippen LogP) is 0.259. The molecule has 0 bridgehead atoms. The second kappa shape index (κ2) is 9.03. The summed E-state index contributed by atoms with van der Waals surface area (Å²) >= 11 is 0. The van der Waals surface area contributed by atoms with Gasteiger partial charge < -0.3 is 20.7 Å². The number of rotatable bonds is 7. The fraction of sp³-hybridized carbons (Fsp3) is 0.600. The summed E-state index contributed by atoms with van der Waals surface area (Å²) in [5.41, 5.74) is 6.76. The van der Waals surface area contributed by atoms with Crippen LogP contribution in [0.1, 0.15) is 39.2 Å². The van der Waals surface area contributed by atoms with E-state index >= 15 is 0 Å². The number of likely N-dealkylation sites (tertiary alicyclic amines) is 1. The molecular formula is C20H32N3O3+. The van der Waals surface area contributed by atoms with E-state index in [0.717, 1.165) is 30.0 Å². The van der Waals surface area contributed by atoms with Gasteiger partial charge in [-0.3, -0.25) is 9.59 Å². The normalized spacial score (nSPS) is 20.4. The number of ether oxygens (including phenoxy) is 1. The van der Waals surface area contributed by atoms with E-state index in [1.165, 1.54) is 5.56 Å². The number of benzene rings is 1. The van der Waals surface area contributed by atoms with Crippen LogP contribution in [0.3, 0.4) is 0 Å². The summed E-state index contributed by atoms with van der Waals surface area (Å²) in [6.07, 6.45) is 1.77. The minimum absolute atomic E-state index is 0.0169. The standard InChI is InChI=1S/C20H31N3O3/c1-20(2,3)16-6-8-17(9-7-16)26-12-10-22-18(24)14-23-11-4-5-15(13-23)19(21)25/h6-9,15H,4-5,10-14H2,1-3H3,(H2,21,25)(H,22,24)/p+1/t15-/m1/s1. The van der Waals surface area contributed by atoms with Crippen LogP contribution in [-0.4, -0.2) is 44.6 Å². The summed E-state index contributed by atoms with van der Waals surface area (Å²) in [4.78, 5) is 24.5. The second-order valence-electron chi connectivity index (χ2n) is 8.10. The molecular weight excluding hydrogens is 330 g/mol. The molecule has 144 valence electrons. The van der Waals surface area contributed by atoms with Crippen molar-refractivity contribution in [3.8, 4) is 5.75 Å². The highest BCUT2D eigenvalue weighted by Gasteiger charge is 2.28. The average Bonchev–Trinajstić information content (AvgIpc) is 2.58. The summed E-state index contributed by atoms with van der Waals surface area (Å²) in [6, 6.07) is 8.07. The molecule has 1 fully saturated rings. The third-order valence-corrected chi connectivity index (χ3v) is 4.84. The maximum atomic E-state index is 12.1. The Morgan fingerprint density at radius 3 is 2.58 bits per heavy atom. The van der Waals surface area contributed by atoms with Crippen molar-refractivity contribution in [2.45, 2.75) is 39.0 Å². The Bertz CT molecular complexity index is 608. The van der Waals surface area contributed by atoms with Crippen molar-refractivity contribution in [1.29, 1.82) is 0 Å². The van der Waals surface area contributed by atoms with E-state index in [4.69, 9.17) is 10.5 Å². The lowest BCUT2D eigenvalue weighted by atomic mass is 9.87.